The normalized spacial score (nSPS) is 16.5. The van der Waals surface area contributed by atoms with E-state index in [9.17, 15) is 26.4 Å². The van der Waals surface area contributed by atoms with Gasteiger partial charge in [-0.2, -0.15) is 17.5 Å². The third kappa shape index (κ3) is 4.24. The molecule has 11 heteroatoms. The summed E-state index contributed by atoms with van der Waals surface area (Å²) in [5.41, 5.74) is -1.26. The topological polar surface area (TPSA) is 76.7 Å². The van der Waals surface area contributed by atoms with Crippen LogP contribution in [-0.2, 0) is 22.7 Å². The zero-order valence-corrected chi connectivity index (χ0v) is 17.4. The molecule has 0 unspecified atom stereocenters. The summed E-state index contributed by atoms with van der Waals surface area (Å²) in [7, 11) is -3.87. The molecule has 0 amide bonds. The van der Waals surface area contributed by atoms with Crippen LogP contribution in [0.15, 0.2) is 52.3 Å². The van der Waals surface area contributed by atoms with Crippen molar-refractivity contribution in [3.8, 4) is 0 Å². The number of rotatable bonds is 4. The van der Waals surface area contributed by atoms with Crippen LogP contribution in [0, 0.1) is 0 Å². The number of halogens is 3. The Hall–Kier alpha value is -2.66. The van der Waals surface area contributed by atoms with Gasteiger partial charge in [-0.15, -0.1) is 5.10 Å². The van der Waals surface area contributed by atoms with E-state index < -0.39 is 27.5 Å². The van der Waals surface area contributed by atoms with Gasteiger partial charge in [0.2, 0.25) is 10.0 Å². The van der Waals surface area contributed by atoms with Gasteiger partial charge < -0.3 is 0 Å². The van der Waals surface area contributed by atoms with Gasteiger partial charge in [0, 0.05) is 19.3 Å². The van der Waals surface area contributed by atoms with Crippen LogP contribution < -0.4 is 5.69 Å². The highest BCUT2D eigenvalue weighted by molar-refractivity contribution is 7.89. The summed E-state index contributed by atoms with van der Waals surface area (Å²) in [4.78, 5) is 12.7. The minimum Gasteiger partial charge on any atom is -0.249 e. The van der Waals surface area contributed by atoms with Crippen molar-refractivity contribution < 1.29 is 21.6 Å². The molecule has 0 spiro atoms. The van der Waals surface area contributed by atoms with Crippen LogP contribution in [0.3, 0.4) is 0 Å². The largest absolute Gasteiger partial charge is 0.416 e. The van der Waals surface area contributed by atoms with Gasteiger partial charge in [-0.25, -0.2) is 22.3 Å². The van der Waals surface area contributed by atoms with Crippen LogP contribution in [0.25, 0.3) is 5.65 Å². The highest BCUT2D eigenvalue weighted by Crippen LogP contribution is 2.29. The lowest BCUT2D eigenvalue weighted by Gasteiger charge is -2.19. The number of aromatic nitrogens is 3. The number of pyridine rings is 1. The monoisotopic (exact) mass is 454 g/mol. The standard InChI is InChI=1S/C20H21F3N4O3S/c21-20(22,23)16-8-5-7-15(13-16)14-27-19(28)26-12-6-9-17(18(26)24-27)31(29,30)25-10-3-1-2-4-11-25/h5-9,12-13H,1-4,10-11,14H2. The molecular weight excluding hydrogens is 433 g/mol. The molecule has 1 aliphatic heterocycles. The van der Waals surface area contributed by atoms with Gasteiger partial charge in [0.05, 0.1) is 12.1 Å². The minimum atomic E-state index is -4.51. The first-order chi connectivity index (χ1) is 14.7. The van der Waals surface area contributed by atoms with Crippen molar-refractivity contribution in [2.24, 2.45) is 0 Å². The molecule has 1 aliphatic rings. The third-order valence-electron chi connectivity index (χ3n) is 5.34. The zero-order chi connectivity index (χ0) is 22.2. The Kier molecular flexibility index (Phi) is 5.65. The molecule has 2 aromatic heterocycles. The van der Waals surface area contributed by atoms with Gasteiger partial charge in [0.1, 0.15) is 4.90 Å². The van der Waals surface area contributed by atoms with Crippen LogP contribution in [0.4, 0.5) is 13.2 Å². The maximum Gasteiger partial charge on any atom is 0.416 e. The lowest BCUT2D eigenvalue weighted by molar-refractivity contribution is -0.137. The molecule has 7 nitrogen and oxygen atoms in total. The summed E-state index contributed by atoms with van der Waals surface area (Å²) in [6, 6.07) is 7.47. The highest BCUT2D eigenvalue weighted by atomic mass is 32.2. The van der Waals surface area contributed by atoms with Gasteiger partial charge in [-0.05, 0) is 42.7 Å². The fourth-order valence-electron chi connectivity index (χ4n) is 3.76. The Balaban J connectivity index is 1.74. The average molecular weight is 454 g/mol. The minimum absolute atomic E-state index is 0.0382. The molecule has 0 atom stereocenters. The average Bonchev–Trinajstić information content (AvgIpc) is 2.90. The quantitative estimate of drug-likeness (QED) is 0.607. The van der Waals surface area contributed by atoms with E-state index in [0.29, 0.717) is 13.1 Å². The van der Waals surface area contributed by atoms with Crippen molar-refractivity contribution in [3.63, 3.8) is 0 Å². The molecule has 0 bridgehead atoms. The molecule has 1 fully saturated rings. The van der Waals surface area contributed by atoms with E-state index in [1.54, 1.807) is 0 Å². The fourth-order valence-corrected chi connectivity index (χ4v) is 5.40. The van der Waals surface area contributed by atoms with Gasteiger partial charge in [-0.1, -0.05) is 25.0 Å². The van der Waals surface area contributed by atoms with Gasteiger partial charge in [0.15, 0.2) is 5.65 Å². The maximum absolute atomic E-state index is 13.2. The Morgan fingerprint density at radius 3 is 2.39 bits per heavy atom. The van der Waals surface area contributed by atoms with Crippen molar-refractivity contribution in [3.05, 3.63) is 64.2 Å². The summed E-state index contributed by atoms with van der Waals surface area (Å²) in [5.74, 6) is 0. The Labute approximate surface area is 176 Å². The van der Waals surface area contributed by atoms with Gasteiger partial charge >= 0.3 is 11.9 Å². The van der Waals surface area contributed by atoms with Crippen molar-refractivity contribution in [2.45, 2.75) is 43.3 Å². The highest BCUT2D eigenvalue weighted by Gasteiger charge is 2.31. The molecule has 0 aliphatic carbocycles. The molecule has 4 rings (SSSR count). The van der Waals surface area contributed by atoms with Crippen molar-refractivity contribution >= 4 is 15.7 Å². The predicted octanol–water partition coefficient (Wildman–Crippen LogP) is 3.13. The molecule has 1 aromatic carbocycles. The van der Waals surface area contributed by atoms with Crippen LogP contribution in [0.2, 0.25) is 0 Å². The first kappa shape index (κ1) is 21.6. The predicted molar refractivity (Wildman–Crippen MR) is 107 cm³/mol. The van der Waals surface area contributed by atoms with Crippen LogP contribution >= 0.6 is 0 Å². The molecule has 31 heavy (non-hydrogen) atoms. The molecule has 0 radical (unpaired) electrons. The van der Waals surface area contributed by atoms with E-state index in [4.69, 9.17) is 0 Å². The third-order valence-corrected chi connectivity index (χ3v) is 7.26. The second-order valence-corrected chi connectivity index (χ2v) is 9.43. The number of nitrogens with zero attached hydrogens (tertiary/aromatic N) is 4. The van der Waals surface area contributed by atoms with E-state index in [2.05, 4.69) is 5.10 Å². The number of benzene rings is 1. The number of hydrogen-bond acceptors (Lipinski definition) is 4. The molecule has 3 heterocycles. The Bertz CT molecular complexity index is 1260. The molecule has 1 saturated heterocycles. The molecule has 0 saturated carbocycles. The van der Waals surface area contributed by atoms with E-state index in [1.807, 2.05) is 0 Å². The zero-order valence-electron chi connectivity index (χ0n) is 16.5. The first-order valence-corrected chi connectivity index (χ1v) is 11.4. The Morgan fingerprint density at radius 1 is 1.00 bits per heavy atom. The number of hydrogen-bond donors (Lipinski definition) is 0. The lowest BCUT2D eigenvalue weighted by Crippen LogP contribution is -2.32. The molecular formula is C20H21F3N4O3S. The number of sulfonamides is 1. The number of alkyl halides is 3. The van der Waals surface area contributed by atoms with E-state index >= 15 is 0 Å². The van der Waals surface area contributed by atoms with Crippen LogP contribution in [0.1, 0.15) is 36.8 Å². The second kappa shape index (κ2) is 8.12. The van der Waals surface area contributed by atoms with Crippen LogP contribution in [-0.4, -0.2) is 40.0 Å². The Morgan fingerprint density at radius 2 is 1.71 bits per heavy atom. The maximum atomic E-state index is 13.2. The summed E-state index contributed by atoms with van der Waals surface area (Å²) >= 11 is 0. The smallest absolute Gasteiger partial charge is 0.249 e. The van der Waals surface area contributed by atoms with Crippen molar-refractivity contribution in [2.75, 3.05) is 13.1 Å². The van der Waals surface area contributed by atoms with E-state index in [-0.39, 0.29) is 22.7 Å². The van der Waals surface area contributed by atoms with Gasteiger partial charge in [0.25, 0.3) is 0 Å². The molecule has 166 valence electrons. The SMILES string of the molecule is O=c1n(Cc2cccc(C(F)(F)F)c2)nc2c(S(=O)(=O)N3CCCCCC3)cccn12. The van der Waals surface area contributed by atoms with Crippen LogP contribution in [0.5, 0.6) is 0 Å². The molecule has 0 N–H and O–H groups in total. The van der Waals surface area contributed by atoms with E-state index in [1.165, 1.54) is 34.8 Å². The van der Waals surface area contributed by atoms with Gasteiger partial charge in [-0.3, -0.25) is 0 Å². The molecule has 3 aromatic rings. The summed E-state index contributed by atoms with van der Waals surface area (Å²) < 4.78 is 68.9. The fraction of sp³-hybridized carbons (Fsp3) is 0.400. The summed E-state index contributed by atoms with van der Waals surface area (Å²) in [6.07, 6.45) is 0.337. The summed E-state index contributed by atoms with van der Waals surface area (Å²) in [5, 5.41) is 4.16. The van der Waals surface area contributed by atoms with Crippen molar-refractivity contribution in [1.29, 1.82) is 0 Å². The van der Waals surface area contributed by atoms with E-state index in [0.717, 1.165) is 46.9 Å². The first-order valence-electron chi connectivity index (χ1n) is 9.92. The second-order valence-electron chi connectivity index (χ2n) is 7.52. The summed E-state index contributed by atoms with van der Waals surface area (Å²) in [6.45, 7) is 0.588. The lowest BCUT2D eigenvalue weighted by atomic mass is 10.1. The number of fused-ring (bicyclic) bond motifs is 1. The van der Waals surface area contributed by atoms with Crippen molar-refractivity contribution in [1.82, 2.24) is 18.5 Å².